The molecule has 0 aliphatic heterocycles. The van der Waals surface area contributed by atoms with Gasteiger partial charge >= 0.3 is 5.97 Å². The minimum atomic E-state index is -1.20. The van der Waals surface area contributed by atoms with Crippen molar-refractivity contribution in [2.75, 3.05) is 0 Å². The van der Waals surface area contributed by atoms with Crippen LogP contribution in [-0.2, 0) is 3.55 Å². The van der Waals surface area contributed by atoms with Crippen molar-refractivity contribution < 1.29 is 19.1 Å². The number of alkyl halides is 1. The molecule has 1 aromatic heterocycles. The van der Waals surface area contributed by atoms with Gasteiger partial charge in [-0.1, -0.05) is 48.0 Å². The number of carbonyl (C=O) groups excluding carboxylic acids is 1. The number of nitrogens with zero attached hydrogens (tertiary/aromatic N) is 1. The van der Waals surface area contributed by atoms with Crippen molar-refractivity contribution in [3.63, 3.8) is 0 Å². The molecular weight excluding hydrogens is 558 g/mol. The third kappa shape index (κ3) is 4.56. The fourth-order valence-electron chi connectivity index (χ4n) is 3.59. The largest absolute Gasteiger partial charge is 0.478 e. The zero-order valence-corrected chi connectivity index (χ0v) is 20.2. The van der Waals surface area contributed by atoms with Gasteiger partial charge in [0.05, 0.1) is 27.4 Å². The average Bonchev–Trinajstić information content (AvgIpc) is 2.78. The van der Waals surface area contributed by atoms with E-state index in [0.717, 1.165) is 5.39 Å². The first-order chi connectivity index (χ1) is 15.7. The summed E-state index contributed by atoms with van der Waals surface area (Å²) < 4.78 is 13.7. The fourth-order valence-corrected chi connectivity index (χ4v) is 4.47. The zero-order valence-electron chi connectivity index (χ0n) is 17.3. The number of aromatic carboxylic acids is 1. The maximum atomic E-state index is 14.8. The molecule has 5 nitrogen and oxygen atoms in total. The summed E-state index contributed by atoms with van der Waals surface area (Å²) in [7, 11) is 0. The second kappa shape index (κ2) is 9.07. The maximum absolute atomic E-state index is 14.8. The Hall–Kier alpha value is -3.04. The molecule has 166 valence electrons. The Kier molecular flexibility index (Phi) is 6.36. The summed E-state index contributed by atoms with van der Waals surface area (Å²) in [5.41, 5.74) is 1.56. The lowest BCUT2D eigenvalue weighted by Crippen LogP contribution is -2.39. The van der Waals surface area contributed by atoms with Gasteiger partial charge in [-0.25, -0.2) is 14.2 Å². The van der Waals surface area contributed by atoms with Gasteiger partial charge < -0.3 is 10.4 Å². The highest BCUT2D eigenvalue weighted by Gasteiger charge is 2.32. The minimum Gasteiger partial charge on any atom is -0.478 e. The highest BCUT2D eigenvalue weighted by Crippen LogP contribution is 2.39. The van der Waals surface area contributed by atoms with Crippen LogP contribution in [0.2, 0.25) is 5.02 Å². The summed E-state index contributed by atoms with van der Waals surface area (Å²) in [5.74, 6) is -2.24. The van der Waals surface area contributed by atoms with Gasteiger partial charge in [-0.2, -0.15) is 0 Å². The van der Waals surface area contributed by atoms with Crippen LogP contribution in [0.4, 0.5) is 4.39 Å². The number of pyridine rings is 1. The number of amides is 1. The third-order valence-electron chi connectivity index (χ3n) is 5.18. The zero-order chi connectivity index (χ0) is 23.8. The van der Waals surface area contributed by atoms with Gasteiger partial charge in [-0.15, -0.1) is 0 Å². The van der Waals surface area contributed by atoms with Crippen LogP contribution in [0.15, 0.2) is 72.8 Å². The molecule has 0 aliphatic rings. The monoisotopic (exact) mass is 574 g/mol. The van der Waals surface area contributed by atoms with Crippen molar-refractivity contribution >= 4 is 57.0 Å². The van der Waals surface area contributed by atoms with Crippen molar-refractivity contribution in [3.05, 3.63) is 100 Å². The molecule has 0 spiro atoms. The molecule has 0 bridgehead atoms. The topological polar surface area (TPSA) is 79.3 Å². The number of fused-ring (bicyclic) bond motifs is 1. The number of hydrogen-bond acceptors (Lipinski definition) is 3. The van der Waals surface area contributed by atoms with Crippen LogP contribution in [0, 0.1) is 5.82 Å². The van der Waals surface area contributed by atoms with Crippen LogP contribution in [0.5, 0.6) is 0 Å². The number of aromatic nitrogens is 1. The van der Waals surface area contributed by atoms with Crippen LogP contribution in [0.3, 0.4) is 0 Å². The molecular formula is C25H17ClFIN2O3. The Bertz CT molecular complexity index is 1410. The van der Waals surface area contributed by atoms with Gasteiger partial charge in [0, 0.05) is 16.5 Å². The summed E-state index contributed by atoms with van der Waals surface area (Å²) in [4.78, 5) is 29.3. The molecule has 8 heteroatoms. The van der Waals surface area contributed by atoms with E-state index in [4.69, 9.17) is 11.6 Å². The number of carboxylic acid groups (broad SMARTS) is 1. The predicted octanol–water partition coefficient (Wildman–Crippen LogP) is 6.43. The van der Waals surface area contributed by atoms with E-state index in [1.165, 1.54) is 18.2 Å². The van der Waals surface area contributed by atoms with Gasteiger partial charge in [-0.05, 0) is 65.9 Å². The highest BCUT2D eigenvalue weighted by molar-refractivity contribution is 14.1. The first-order valence-corrected chi connectivity index (χ1v) is 11.3. The van der Waals surface area contributed by atoms with E-state index in [9.17, 15) is 19.1 Å². The molecule has 1 amide bonds. The molecule has 0 saturated heterocycles. The average molecular weight is 575 g/mol. The van der Waals surface area contributed by atoms with Crippen LogP contribution >= 0.6 is 34.2 Å². The molecule has 0 radical (unpaired) electrons. The fraction of sp³-hybridized carbons (Fsp3) is 0.0800. The van der Waals surface area contributed by atoms with Crippen molar-refractivity contribution in [3.8, 4) is 11.3 Å². The molecule has 3 aromatic carbocycles. The maximum Gasteiger partial charge on any atom is 0.336 e. The van der Waals surface area contributed by atoms with Crippen LogP contribution in [0.1, 0.15) is 33.2 Å². The van der Waals surface area contributed by atoms with Gasteiger partial charge in [0.15, 0.2) is 0 Å². The van der Waals surface area contributed by atoms with Gasteiger partial charge in [0.2, 0.25) is 0 Å². The van der Waals surface area contributed by atoms with E-state index >= 15 is 0 Å². The lowest BCUT2D eigenvalue weighted by Gasteiger charge is -2.28. The van der Waals surface area contributed by atoms with Crippen LogP contribution in [-0.4, -0.2) is 22.0 Å². The summed E-state index contributed by atoms with van der Waals surface area (Å²) in [5, 5.41) is 13.5. The Morgan fingerprint density at radius 2 is 1.70 bits per heavy atom. The van der Waals surface area contributed by atoms with E-state index in [0.29, 0.717) is 21.8 Å². The van der Waals surface area contributed by atoms with Gasteiger partial charge in [-0.3, -0.25) is 4.79 Å². The van der Waals surface area contributed by atoms with E-state index in [1.807, 2.05) is 34.7 Å². The Balaban J connectivity index is 1.87. The first kappa shape index (κ1) is 23.1. The van der Waals surface area contributed by atoms with E-state index < -0.39 is 21.2 Å². The Morgan fingerprint density at radius 1 is 1.03 bits per heavy atom. The van der Waals surface area contributed by atoms with Gasteiger partial charge in [0.1, 0.15) is 9.36 Å². The smallest absolute Gasteiger partial charge is 0.336 e. The number of nitrogens with one attached hydrogen (secondary N) is 1. The first-order valence-electron chi connectivity index (χ1n) is 9.87. The minimum absolute atomic E-state index is 0.0251. The van der Waals surface area contributed by atoms with Crippen molar-refractivity contribution in [2.45, 2.75) is 10.5 Å². The number of carbonyl (C=O) groups is 2. The predicted molar refractivity (Wildman–Crippen MR) is 134 cm³/mol. The Labute approximate surface area is 207 Å². The SMILES string of the molecule is C[C@@](I)(NC(=O)c1ccccc1C(=O)O)c1cc2cccc(Cl)c2nc1-c1ccccc1F. The van der Waals surface area contributed by atoms with E-state index in [-0.39, 0.29) is 16.7 Å². The Morgan fingerprint density at radius 3 is 2.39 bits per heavy atom. The normalized spacial score (nSPS) is 12.8. The van der Waals surface area contributed by atoms with Crippen LogP contribution < -0.4 is 5.32 Å². The third-order valence-corrected chi connectivity index (χ3v) is 6.34. The number of carboxylic acids is 1. The molecule has 4 rings (SSSR count). The standard InChI is InChI=1S/C25H17ClFIN2O3/c1-25(28,30-23(31)15-8-2-3-9-16(15)24(32)33)18-13-14-7-6-11-19(26)21(14)29-22(18)17-10-4-5-12-20(17)27/h2-13H,1H3,(H,30,31)(H,32,33)/t25-/m1/s1. The number of benzene rings is 3. The number of halogens is 3. The van der Waals surface area contributed by atoms with E-state index in [1.54, 1.807) is 49.4 Å². The van der Waals surface area contributed by atoms with Gasteiger partial charge in [0.25, 0.3) is 5.91 Å². The van der Waals surface area contributed by atoms with E-state index in [2.05, 4.69) is 10.3 Å². The molecule has 1 atom stereocenters. The molecule has 0 fully saturated rings. The molecule has 0 saturated carbocycles. The van der Waals surface area contributed by atoms with Crippen molar-refractivity contribution in [1.29, 1.82) is 0 Å². The van der Waals surface area contributed by atoms with Crippen molar-refractivity contribution in [2.24, 2.45) is 0 Å². The number of hydrogen-bond donors (Lipinski definition) is 2. The second-order valence-electron chi connectivity index (χ2n) is 7.48. The van der Waals surface area contributed by atoms with Crippen LogP contribution in [0.25, 0.3) is 22.2 Å². The summed E-state index contributed by atoms with van der Waals surface area (Å²) in [6.07, 6.45) is 0. The molecule has 0 unspecified atom stereocenters. The lowest BCUT2D eigenvalue weighted by molar-refractivity contribution is 0.0690. The molecule has 1 heterocycles. The molecule has 4 aromatic rings. The number of rotatable bonds is 5. The lowest BCUT2D eigenvalue weighted by atomic mass is 9.97. The summed E-state index contributed by atoms with van der Waals surface area (Å²) in [6.45, 7) is 1.74. The quantitative estimate of drug-likeness (QED) is 0.164. The molecule has 0 aliphatic carbocycles. The highest BCUT2D eigenvalue weighted by atomic mass is 127. The molecule has 33 heavy (non-hydrogen) atoms. The molecule has 2 N–H and O–H groups in total. The summed E-state index contributed by atoms with van der Waals surface area (Å²) in [6, 6.07) is 19.3. The number of para-hydroxylation sites is 1. The summed E-state index contributed by atoms with van der Waals surface area (Å²) >= 11 is 8.39. The second-order valence-corrected chi connectivity index (χ2v) is 10.0. The van der Waals surface area contributed by atoms with Crippen molar-refractivity contribution in [1.82, 2.24) is 10.3 Å².